The third-order valence-electron chi connectivity index (χ3n) is 1.97. The molecular formula is C12H14Cl3NO. The van der Waals surface area contributed by atoms with Gasteiger partial charge in [-0.1, -0.05) is 55.6 Å². The number of rotatable bonds is 2. The topological polar surface area (TPSA) is 29.1 Å². The van der Waals surface area contributed by atoms with Crippen LogP contribution in [0.5, 0.6) is 0 Å². The van der Waals surface area contributed by atoms with Gasteiger partial charge in [0.1, 0.15) is 0 Å². The van der Waals surface area contributed by atoms with Gasteiger partial charge in [0.2, 0.25) is 5.91 Å². The number of hydrogen-bond donors (Lipinski definition) is 1. The summed E-state index contributed by atoms with van der Waals surface area (Å²) in [7, 11) is 0. The minimum absolute atomic E-state index is 0.0766. The first-order chi connectivity index (χ1) is 7.69. The molecule has 0 atom stereocenters. The largest absolute Gasteiger partial charge is 0.325 e. The summed E-state index contributed by atoms with van der Waals surface area (Å²) in [5.74, 6) is -0.0993. The normalized spacial score (nSPS) is 11.4. The van der Waals surface area contributed by atoms with Crippen LogP contribution in [0.4, 0.5) is 5.69 Å². The van der Waals surface area contributed by atoms with Crippen molar-refractivity contribution in [3.05, 3.63) is 27.2 Å². The van der Waals surface area contributed by atoms with Gasteiger partial charge >= 0.3 is 0 Å². The zero-order chi connectivity index (χ0) is 13.2. The Labute approximate surface area is 116 Å². The molecule has 0 unspecified atom stereocenters. The molecule has 1 N–H and O–H groups in total. The number of hydrogen-bond acceptors (Lipinski definition) is 1. The molecule has 1 rings (SSSR count). The summed E-state index contributed by atoms with van der Waals surface area (Å²) in [6.45, 7) is 5.97. The van der Waals surface area contributed by atoms with Crippen molar-refractivity contribution in [2.75, 3.05) is 5.32 Å². The minimum Gasteiger partial charge on any atom is -0.325 e. The third kappa shape index (κ3) is 4.74. The van der Waals surface area contributed by atoms with E-state index in [-0.39, 0.29) is 11.3 Å². The van der Waals surface area contributed by atoms with Crippen molar-refractivity contribution < 1.29 is 4.79 Å². The van der Waals surface area contributed by atoms with E-state index in [1.165, 1.54) is 6.07 Å². The lowest BCUT2D eigenvalue weighted by Gasteiger charge is -2.17. The Balaban J connectivity index is 2.82. The van der Waals surface area contributed by atoms with Gasteiger partial charge in [-0.2, -0.15) is 0 Å². The third-order valence-corrected chi connectivity index (χ3v) is 3.01. The van der Waals surface area contributed by atoms with Gasteiger partial charge in [-0.3, -0.25) is 4.79 Å². The summed E-state index contributed by atoms with van der Waals surface area (Å²) in [6, 6.07) is 3.06. The highest BCUT2D eigenvalue weighted by Crippen LogP contribution is 2.32. The number of halogens is 3. The maximum absolute atomic E-state index is 11.7. The highest BCUT2D eigenvalue weighted by molar-refractivity contribution is 6.44. The molecule has 0 aliphatic rings. The van der Waals surface area contributed by atoms with Crippen LogP contribution in [0, 0.1) is 5.41 Å². The lowest BCUT2D eigenvalue weighted by molar-refractivity contribution is -0.117. The van der Waals surface area contributed by atoms with Crippen molar-refractivity contribution in [3.63, 3.8) is 0 Å². The van der Waals surface area contributed by atoms with Gasteiger partial charge in [0.25, 0.3) is 0 Å². The van der Waals surface area contributed by atoms with Crippen molar-refractivity contribution in [2.24, 2.45) is 5.41 Å². The van der Waals surface area contributed by atoms with Crippen LogP contribution in [-0.2, 0) is 4.79 Å². The highest BCUT2D eigenvalue weighted by atomic mass is 35.5. The fourth-order valence-electron chi connectivity index (χ4n) is 1.29. The van der Waals surface area contributed by atoms with Crippen LogP contribution < -0.4 is 5.32 Å². The van der Waals surface area contributed by atoms with Gasteiger partial charge in [0.15, 0.2) is 0 Å². The smallest absolute Gasteiger partial charge is 0.224 e. The minimum atomic E-state index is -0.0993. The number of carbonyl (C=O) groups is 1. The molecule has 0 aliphatic heterocycles. The van der Waals surface area contributed by atoms with Crippen LogP contribution in [0.2, 0.25) is 15.1 Å². The number of amides is 1. The van der Waals surface area contributed by atoms with Crippen LogP contribution in [0.25, 0.3) is 0 Å². The average molecular weight is 295 g/mol. The average Bonchev–Trinajstić information content (AvgIpc) is 2.11. The molecule has 0 radical (unpaired) electrons. The van der Waals surface area contributed by atoms with Crippen molar-refractivity contribution in [2.45, 2.75) is 27.2 Å². The Morgan fingerprint density at radius 1 is 1.12 bits per heavy atom. The standard InChI is InChI=1S/C12H14Cl3NO/c1-12(2,3)6-11(17)16-10-5-8(14)7(13)4-9(10)15/h4-5H,6H2,1-3H3,(H,16,17). The second kappa shape index (κ2) is 5.47. The summed E-state index contributed by atoms with van der Waals surface area (Å²) >= 11 is 17.6. The molecule has 1 aromatic rings. The van der Waals surface area contributed by atoms with Crippen molar-refractivity contribution >= 4 is 46.4 Å². The molecule has 1 aromatic carbocycles. The van der Waals surface area contributed by atoms with Crippen LogP contribution in [0.1, 0.15) is 27.2 Å². The Morgan fingerprint density at radius 3 is 2.18 bits per heavy atom. The molecule has 0 bridgehead atoms. The molecular weight excluding hydrogens is 280 g/mol. The van der Waals surface area contributed by atoms with Crippen LogP contribution in [0.3, 0.4) is 0 Å². The number of nitrogens with one attached hydrogen (secondary N) is 1. The number of benzene rings is 1. The van der Waals surface area contributed by atoms with Crippen LogP contribution in [0.15, 0.2) is 12.1 Å². The molecule has 1 amide bonds. The van der Waals surface area contributed by atoms with E-state index >= 15 is 0 Å². The number of anilines is 1. The molecule has 17 heavy (non-hydrogen) atoms. The maximum atomic E-state index is 11.7. The van der Waals surface area contributed by atoms with E-state index in [1.54, 1.807) is 6.07 Å². The predicted octanol–water partition coefficient (Wildman–Crippen LogP) is 5.02. The van der Waals surface area contributed by atoms with Crippen molar-refractivity contribution in [1.29, 1.82) is 0 Å². The summed E-state index contributed by atoms with van der Waals surface area (Å²) in [5.41, 5.74) is 0.405. The molecule has 0 heterocycles. The van der Waals surface area contributed by atoms with Gasteiger partial charge in [0, 0.05) is 6.42 Å². The molecule has 0 aromatic heterocycles. The SMILES string of the molecule is CC(C)(C)CC(=O)Nc1cc(Cl)c(Cl)cc1Cl. The van der Waals surface area contributed by atoms with E-state index in [9.17, 15) is 4.79 Å². The summed E-state index contributed by atoms with van der Waals surface area (Å²) in [4.78, 5) is 11.7. The Morgan fingerprint density at radius 2 is 1.65 bits per heavy atom. The van der Waals surface area contributed by atoms with E-state index in [0.717, 1.165) is 0 Å². The number of carbonyl (C=O) groups excluding carboxylic acids is 1. The highest BCUT2D eigenvalue weighted by Gasteiger charge is 2.17. The summed E-state index contributed by atoms with van der Waals surface area (Å²) < 4.78 is 0. The summed E-state index contributed by atoms with van der Waals surface area (Å²) in [5, 5.41) is 3.83. The van der Waals surface area contributed by atoms with Gasteiger partial charge in [-0.05, 0) is 17.5 Å². The predicted molar refractivity (Wildman–Crippen MR) is 74.2 cm³/mol. The first kappa shape index (κ1) is 14.6. The zero-order valence-corrected chi connectivity index (χ0v) is 12.2. The van der Waals surface area contributed by atoms with E-state index in [4.69, 9.17) is 34.8 Å². The molecule has 2 nitrogen and oxygen atoms in total. The quantitative estimate of drug-likeness (QED) is 0.762. The molecule has 0 aliphatic carbocycles. The lowest BCUT2D eigenvalue weighted by atomic mass is 9.92. The monoisotopic (exact) mass is 293 g/mol. The molecule has 0 fully saturated rings. The fraction of sp³-hybridized carbons (Fsp3) is 0.417. The van der Waals surface area contributed by atoms with Gasteiger partial charge in [-0.15, -0.1) is 0 Å². The Hall–Kier alpha value is -0.440. The lowest BCUT2D eigenvalue weighted by Crippen LogP contribution is -2.19. The molecule has 5 heteroatoms. The van der Waals surface area contributed by atoms with Crippen molar-refractivity contribution in [3.8, 4) is 0 Å². The van der Waals surface area contributed by atoms with Crippen molar-refractivity contribution in [1.82, 2.24) is 0 Å². The molecule has 94 valence electrons. The second-order valence-corrected chi connectivity index (χ2v) is 6.25. The van der Waals surface area contributed by atoms with Crippen LogP contribution >= 0.6 is 34.8 Å². The molecule has 0 saturated carbocycles. The van der Waals surface area contributed by atoms with E-state index in [0.29, 0.717) is 27.2 Å². The zero-order valence-electron chi connectivity index (χ0n) is 9.90. The van der Waals surface area contributed by atoms with Gasteiger partial charge < -0.3 is 5.32 Å². The van der Waals surface area contributed by atoms with Crippen LogP contribution in [-0.4, -0.2) is 5.91 Å². The van der Waals surface area contributed by atoms with E-state index in [2.05, 4.69) is 5.32 Å². The molecule has 0 saturated heterocycles. The maximum Gasteiger partial charge on any atom is 0.224 e. The Kier molecular flexibility index (Phi) is 4.70. The van der Waals surface area contributed by atoms with E-state index in [1.807, 2.05) is 20.8 Å². The Bertz CT molecular complexity index is 438. The first-order valence-corrected chi connectivity index (χ1v) is 6.27. The fourth-order valence-corrected chi connectivity index (χ4v) is 1.89. The van der Waals surface area contributed by atoms with Gasteiger partial charge in [0.05, 0.1) is 20.8 Å². The van der Waals surface area contributed by atoms with E-state index < -0.39 is 0 Å². The van der Waals surface area contributed by atoms with Gasteiger partial charge in [-0.25, -0.2) is 0 Å². The first-order valence-electron chi connectivity index (χ1n) is 5.13. The molecule has 0 spiro atoms. The second-order valence-electron chi connectivity index (χ2n) is 5.03. The summed E-state index contributed by atoms with van der Waals surface area (Å²) in [6.07, 6.45) is 0.406.